The minimum absolute atomic E-state index is 0.510. The van der Waals surface area contributed by atoms with E-state index in [1.807, 2.05) is 36.4 Å². The van der Waals surface area contributed by atoms with Crippen LogP contribution in [0.25, 0.3) is 21.9 Å². The average molecular weight is 211 g/mol. The summed E-state index contributed by atoms with van der Waals surface area (Å²) in [6.45, 7) is 0. The molecule has 3 aromatic rings. The van der Waals surface area contributed by atoms with Crippen molar-refractivity contribution in [1.82, 2.24) is 0 Å². The van der Waals surface area contributed by atoms with Gasteiger partial charge in [0, 0.05) is 10.8 Å². The highest BCUT2D eigenvalue weighted by atomic mass is 16.5. The molecule has 0 fully saturated rings. The van der Waals surface area contributed by atoms with Crippen LogP contribution in [0.5, 0.6) is 5.75 Å². The standard InChI is InChI=1S/C12H8BO3/c14-13-16-11-7-3-5-9-8-4-1-2-6-10(8)15-12(9)11/h1-7,14H. The fourth-order valence-corrected chi connectivity index (χ4v) is 1.87. The zero-order valence-corrected chi connectivity index (χ0v) is 8.38. The van der Waals surface area contributed by atoms with Gasteiger partial charge in [-0.3, -0.25) is 0 Å². The molecule has 0 spiro atoms. The predicted octanol–water partition coefficient (Wildman–Crippen LogP) is 2.49. The van der Waals surface area contributed by atoms with E-state index in [-0.39, 0.29) is 0 Å². The smallest absolute Gasteiger partial charge is 0.535 e. The quantitative estimate of drug-likeness (QED) is 0.662. The molecule has 77 valence electrons. The molecule has 0 atom stereocenters. The highest BCUT2D eigenvalue weighted by molar-refractivity contribution is 6.18. The fraction of sp³-hybridized carbons (Fsp3) is 0. The van der Waals surface area contributed by atoms with Crippen molar-refractivity contribution >= 4 is 29.6 Å². The molecule has 1 aromatic heterocycles. The lowest BCUT2D eigenvalue weighted by Crippen LogP contribution is -1.99. The van der Waals surface area contributed by atoms with E-state index in [0.717, 1.165) is 16.4 Å². The van der Waals surface area contributed by atoms with Crippen LogP contribution >= 0.6 is 0 Å². The Labute approximate surface area is 92.6 Å². The van der Waals surface area contributed by atoms with Gasteiger partial charge in [0.2, 0.25) is 0 Å². The second kappa shape index (κ2) is 3.57. The van der Waals surface area contributed by atoms with Gasteiger partial charge in [0.05, 0.1) is 0 Å². The summed E-state index contributed by atoms with van der Waals surface area (Å²) in [7, 11) is 0.655. The van der Waals surface area contributed by atoms with E-state index in [1.165, 1.54) is 0 Å². The molecule has 0 unspecified atom stereocenters. The lowest BCUT2D eigenvalue weighted by Gasteiger charge is -2.00. The van der Waals surface area contributed by atoms with Crippen LogP contribution in [-0.2, 0) is 0 Å². The Morgan fingerprint density at radius 1 is 1.00 bits per heavy atom. The summed E-state index contributed by atoms with van der Waals surface area (Å²) in [5, 5.41) is 10.7. The van der Waals surface area contributed by atoms with Crippen molar-refractivity contribution < 1.29 is 14.1 Å². The Morgan fingerprint density at radius 2 is 1.81 bits per heavy atom. The lowest BCUT2D eigenvalue weighted by molar-refractivity contribution is 0.451. The van der Waals surface area contributed by atoms with Gasteiger partial charge in [0.1, 0.15) is 11.3 Å². The second-order valence-corrected chi connectivity index (χ2v) is 3.45. The lowest BCUT2D eigenvalue weighted by atomic mass is 10.1. The number of rotatable bonds is 2. The first-order valence-corrected chi connectivity index (χ1v) is 4.93. The predicted molar refractivity (Wildman–Crippen MR) is 62.3 cm³/mol. The molecule has 0 bridgehead atoms. The van der Waals surface area contributed by atoms with Crippen LogP contribution in [0, 0.1) is 0 Å². The van der Waals surface area contributed by atoms with Gasteiger partial charge < -0.3 is 14.1 Å². The zero-order chi connectivity index (χ0) is 11.0. The molecular weight excluding hydrogens is 203 g/mol. The summed E-state index contributed by atoms with van der Waals surface area (Å²) in [4.78, 5) is 0. The van der Waals surface area contributed by atoms with Gasteiger partial charge in [0.25, 0.3) is 0 Å². The molecule has 0 aliphatic rings. The van der Waals surface area contributed by atoms with E-state index in [4.69, 9.17) is 14.1 Å². The Kier molecular flexibility index (Phi) is 2.08. The molecule has 1 heterocycles. The topological polar surface area (TPSA) is 42.6 Å². The third kappa shape index (κ3) is 1.27. The summed E-state index contributed by atoms with van der Waals surface area (Å²) >= 11 is 0. The van der Waals surface area contributed by atoms with Gasteiger partial charge in [-0.15, -0.1) is 0 Å². The molecular formula is C12H8BO3. The third-order valence-electron chi connectivity index (χ3n) is 2.55. The largest absolute Gasteiger partial charge is 0.569 e. The van der Waals surface area contributed by atoms with Crippen LogP contribution in [0.2, 0.25) is 0 Å². The van der Waals surface area contributed by atoms with Crippen LogP contribution in [0.15, 0.2) is 46.9 Å². The second-order valence-electron chi connectivity index (χ2n) is 3.45. The van der Waals surface area contributed by atoms with E-state index in [0.29, 0.717) is 19.0 Å². The van der Waals surface area contributed by atoms with Gasteiger partial charge in [-0.05, 0) is 12.1 Å². The summed E-state index contributed by atoms with van der Waals surface area (Å²) in [5.74, 6) is 0.510. The number of para-hydroxylation sites is 2. The maximum absolute atomic E-state index is 8.67. The molecule has 1 N–H and O–H groups in total. The molecule has 4 heteroatoms. The molecule has 0 amide bonds. The maximum Gasteiger partial charge on any atom is 0.569 e. The molecule has 3 nitrogen and oxygen atoms in total. The van der Waals surface area contributed by atoms with Crippen LogP contribution in [0.4, 0.5) is 0 Å². The van der Waals surface area contributed by atoms with Crippen molar-refractivity contribution in [1.29, 1.82) is 0 Å². The summed E-state index contributed by atoms with van der Waals surface area (Å²) in [6, 6.07) is 13.4. The Morgan fingerprint density at radius 3 is 2.69 bits per heavy atom. The van der Waals surface area contributed by atoms with Gasteiger partial charge in [0.15, 0.2) is 5.58 Å². The van der Waals surface area contributed by atoms with Gasteiger partial charge >= 0.3 is 7.69 Å². The number of hydrogen-bond donors (Lipinski definition) is 1. The number of furan rings is 1. The minimum Gasteiger partial charge on any atom is -0.535 e. The van der Waals surface area contributed by atoms with Crippen molar-refractivity contribution in [2.75, 3.05) is 0 Å². The highest BCUT2D eigenvalue weighted by Crippen LogP contribution is 2.34. The molecule has 3 rings (SSSR count). The van der Waals surface area contributed by atoms with Crippen LogP contribution in [0.1, 0.15) is 0 Å². The van der Waals surface area contributed by atoms with Gasteiger partial charge in [-0.2, -0.15) is 0 Å². The van der Waals surface area contributed by atoms with E-state index < -0.39 is 0 Å². The summed E-state index contributed by atoms with van der Waals surface area (Å²) in [6.07, 6.45) is 0. The fourth-order valence-electron chi connectivity index (χ4n) is 1.87. The number of hydrogen-bond acceptors (Lipinski definition) is 3. The van der Waals surface area contributed by atoms with Crippen molar-refractivity contribution in [2.45, 2.75) is 0 Å². The van der Waals surface area contributed by atoms with Crippen LogP contribution < -0.4 is 4.65 Å². The maximum atomic E-state index is 8.67. The van der Waals surface area contributed by atoms with E-state index in [1.54, 1.807) is 6.07 Å². The van der Waals surface area contributed by atoms with E-state index in [9.17, 15) is 0 Å². The molecule has 0 aliphatic carbocycles. The zero-order valence-electron chi connectivity index (χ0n) is 8.38. The van der Waals surface area contributed by atoms with Gasteiger partial charge in [-0.1, -0.05) is 30.3 Å². The van der Waals surface area contributed by atoms with Crippen LogP contribution in [-0.4, -0.2) is 12.7 Å². The molecule has 2 aromatic carbocycles. The Balaban J connectivity index is 2.39. The summed E-state index contributed by atoms with van der Waals surface area (Å²) in [5.41, 5.74) is 1.46. The average Bonchev–Trinajstić information content (AvgIpc) is 2.69. The summed E-state index contributed by atoms with van der Waals surface area (Å²) < 4.78 is 10.7. The highest BCUT2D eigenvalue weighted by Gasteiger charge is 2.10. The SMILES string of the molecule is O[B]Oc1cccc2c1oc1ccccc12. The number of fused-ring (bicyclic) bond motifs is 3. The van der Waals surface area contributed by atoms with Crippen molar-refractivity contribution in [3.8, 4) is 5.75 Å². The molecule has 0 saturated heterocycles. The van der Waals surface area contributed by atoms with E-state index in [2.05, 4.69) is 0 Å². The minimum atomic E-state index is 0.510. The third-order valence-corrected chi connectivity index (χ3v) is 2.55. The van der Waals surface area contributed by atoms with Crippen molar-refractivity contribution in [3.63, 3.8) is 0 Å². The molecule has 0 saturated carbocycles. The molecule has 1 radical (unpaired) electrons. The normalized spacial score (nSPS) is 10.8. The monoisotopic (exact) mass is 211 g/mol. The first-order chi connectivity index (χ1) is 7.90. The Bertz CT molecular complexity index is 645. The first-order valence-electron chi connectivity index (χ1n) is 4.93. The van der Waals surface area contributed by atoms with Crippen molar-refractivity contribution in [3.05, 3.63) is 42.5 Å². The Hall–Kier alpha value is -1.94. The number of benzene rings is 2. The molecule has 0 aliphatic heterocycles. The van der Waals surface area contributed by atoms with Gasteiger partial charge in [-0.25, -0.2) is 0 Å². The van der Waals surface area contributed by atoms with Crippen LogP contribution in [0.3, 0.4) is 0 Å². The first kappa shape index (κ1) is 9.30. The molecule has 16 heavy (non-hydrogen) atoms. The van der Waals surface area contributed by atoms with Crippen molar-refractivity contribution in [2.24, 2.45) is 0 Å². The van der Waals surface area contributed by atoms with E-state index >= 15 is 0 Å².